The van der Waals surface area contributed by atoms with Crippen LogP contribution in [0.25, 0.3) is 0 Å². The topological polar surface area (TPSA) is 85.5 Å². The second kappa shape index (κ2) is 6.05. The molecule has 0 saturated heterocycles. The van der Waals surface area contributed by atoms with Crippen LogP contribution in [0.15, 0.2) is 9.64 Å². The van der Waals surface area contributed by atoms with Crippen LogP contribution in [0.5, 0.6) is 0 Å². The number of hydrogen-bond donors (Lipinski definition) is 1. The first-order valence-electron chi connectivity index (χ1n) is 4.72. The van der Waals surface area contributed by atoms with Crippen molar-refractivity contribution in [1.29, 1.82) is 0 Å². The van der Waals surface area contributed by atoms with E-state index in [4.69, 9.17) is 9.52 Å². The number of aliphatic hydroxyl groups is 1. The zero-order valence-corrected chi connectivity index (χ0v) is 9.92. The minimum atomic E-state index is -4.71. The van der Waals surface area contributed by atoms with E-state index < -0.39 is 29.9 Å². The van der Waals surface area contributed by atoms with E-state index in [1.54, 1.807) is 6.92 Å². The number of halogens is 3. The third-order valence-electron chi connectivity index (χ3n) is 1.60. The summed E-state index contributed by atoms with van der Waals surface area (Å²) in [6.07, 6.45) is -7.21. The average Bonchev–Trinajstić information content (AvgIpc) is 2.73. The van der Waals surface area contributed by atoms with Crippen molar-refractivity contribution in [3.8, 4) is 0 Å². The lowest BCUT2D eigenvalue weighted by Crippen LogP contribution is -2.30. The molecular formula is C8H9F3N2O4S. The van der Waals surface area contributed by atoms with Crippen molar-refractivity contribution in [2.75, 3.05) is 12.4 Å². The Hall–Kier alpha value is -1.29. The van der Waals surface area contributed by atoms with Gasteiger partial charge >= 0.3 is 18.0 Å². The molecule has 1 unspecified atom stereocenters. The van der Waals surface area contributed by atoms with Gasteiger partial charge in [0.05, 0.1) is 6.61 Å². The van der Waals surface area contributed by atoms with Crippen LogP contribution in [0.1, 0.15) is 17.6 Å². The molecule has 1 heterocycles. The molecule has 1 aromatic rings. The van der Waals surface area contributed by atoms with Crippen molar-refractivity contribution in [1.82, 2.24) is 10.2 Å². The first kappa shape index (κ1) is 14.8. The van der Waals surface area contributed by atoms with Gasteiger partial charge in [0.2, 0.25) is 0 Å². The number of hydrogen-bond acceptors (Lipinski definition) is 7. The van der Waals surface area contributed by atoms with Crippen molar-refractivity contribution >= 4 is 17.7 Å². The van der Waals surface area contributed by atoms with Gasteiger partial charge in [0.25, 0.3) is 5.22 Å². The molecular weight excluding hydrogens is 277 g/mol. The third kappa shape index (κ3) is 4.18. The lowest BCUT2D eigenvalue weighted by atomic mass is 10.4. The SMILES string of the molecule is CCOC(=O)c1nnc(SCC(O)C(F)(F)F)o1. The summed E-state index contributed by atoms with van der Waals surface area (Å²) in [5, 5.41) is 15.1. The van der Waals surface area contributed by atoms with Gasteiger partial charge in [0.15, 0.2) is 6.10 Å². The zero-order chi connectivity index (χ0) is 13.8. The van der Waals surface area contributed by atoms with Gasteiger partial charge in [-0.15, -0.1) is 5.10 Å². The zero-order valence-electron chi connectivity index (χ0n) is 9.10. The van der Waals surface area contributed by atoms with E-state index >= 15 is 0 Å². The van der Waals surface area contributed by atoms with Crippen LogP contribution in [0, 0.1) is 0 Å². The van der Waals surface area contributed by atoms with Crippen LogP contribution in [0.4, 0.5) is 13.2 Å². The van der Waals surface area contributed by atoms with Crippen LogP contribution in [-0.4, -0.2) is 45.9 Å². The second-order valence-electron chi connectivity index (χ2n) is 2.96. The Balaban J connectivity index is 2.52. The summed E-state index contributed by atoms with van der Waals surface area (Å²) in [6.45, 7) is 1.68. The monoisotopic (exact) mass is 286 g/mol. The number of carbonyl (C=O) groups excluding carboxylic acids is 1. The number of rotatable bonds is 5. The Morgan fingerprint density at radius 3 is 2.78 bits per heavy atom. The van der Waals surface area contributed by atoms with Crippen LogP contribution in [0.2, 0.25) is 0 Å². The number of alkyl halides is 3. The van der Waals surface area contributed by atoms with Gasteiger partial charge in [-0.25, -0.2) is 4.79 Å². The van der Waals surface area contributed by atoms with Gasteiger partial charge in [0.1, 0.15) is 0 Å². The highest BCUT2D eigenvalue weighted by Crippen LogP contribution is 2.26. The number of carbonyl (C=O) groups is 1. The van der Waals surface area contributed by atoms with E-state index in [2.05, 4.69) is 14.9 Å². The van der Waals surface area contributed by atoms with Crippen molar-refractivity contribution in [2.24, 2.45) is 0 Å². The maximum atomic E-state index is 12.0. The average molecular weight is 286 g/mol. The Kier molecular flexibility index (Phi) is 4.96. The van der Waals surface area contributed by atoms with Gasteiger partial charge in [-0.3, -0.25) is 0 Å². The number of esters is 1. The number of aromatic nitrogens is 2. The molecule has 0 aromatic carbocycles. The summed E-state index contributed by atoms with van der Waals surface area (Å²) in [5.41, 5.74) is 0. The molecule has 0 saturated carbocycles. The van der Waals surface area contributed by atoms with E-state index in [1.165, 1.54) is 0 Å². The predicted octanol–water partition coefficient (Wildman–Crippen LogP) is 1.26. The highest BCUT2D eigenvalue weighted by atomic mass is 32.2. The smallest absolute Gasteiger partial charge is 0.415 e. The van der Waals surface area contributed by atoms with Crippen LogP contribution in [-0.2, 0) is 4.74 Å². The number of aliphatic hydroxyl groups excluding tert-OH is 1. The maximum Gasteiger partial charge on any atom is 0.415 e. The van der Waals surface area contributed by atoms with Gasteiger partial charge < -0.3 is 14.3 Å². The molecule has 0 aliphatic heterocycles. The summed E-state index contributed by atoms with van der Waals surface area (Å²) < 4.78 is 45.2. The Labute approximate surface area is 104 Å². The van der Waals surface area contributed by atoms with E-state index in [1.807, 2.05) is 0 Å². The van der Waals surface area contributed by atoms with Crippen molar-refractivity contribution < 1.29 is 32.2 Å². The fraction of sp³-hybridized carbons (Fsp3) is 0.625. The fourth-order valence-electron chi connectivity index (χ4n) is 0.788. The van der Waals surface area contributed by atoms with E-state index in [9.17, 15) is 18.0 Å². The molecule has 0 radical (unpaired) electrons. The highest BCUT2D eigenvalue weighted by molar-refractivity contribution is 7.99. The van der Waals surface area contributed by atoms with Gasteiger partial charge in [-0.05, 0) is 6.92 Å². The number of thioether (sulfide) groups is 1. The Morgan fingerprint density at radius 1 is 1.56 bits per heavy atom. The molecule has 10 heteroatoms. The van der Waals surface area contributed by atoms with Crippen molar-refractivity contribution in [2.45, 2.75) is 24.4 Å². The number of ether oxygens (including phenoxy) is 1. The molecule has 0 amide bonds. The van der Waals surface area contributed by atoms with Gasteiger partial charge in [-0.2, -0.15) is 13.2 Å². The summed E-state index contributed by atoms with van der Waals surface area (Å²) in [5.74, 6) is -2.00. The van der Waals surface area contributed by atoms with Crippen molar-refractivity contribution in [3.05, 3.63) is 5.89 Å². The lowest BCUT2D eigenvalue weighted by molar-refractivity contribution is -0.195. The molecule has 1 atom stereocenters. The summed E-state index contributed by atoms with van der Waals surface area (Å²) in [4.78, 5) is 11.1. The molecule has 102 valence electrons. The molecule has 6 nitrogen and oxygen atoms in total. The molecule has 0 aliphatic rings. The maximum absolute atomic E-state index is 12.0. The van der Waals surface area contributed by atoms with Gasteiger partial charge in [0, 0.05) is 5.75 Å². The largest absolute Gasteiger partial charge is 0.459 e. The highest BCUT2D eigenvalue weighted by Gasteiger charge is 2.38. The molecule has 1 N–H and O–H groups in total. The minimum absolute atomic E-state index is 0.108. The Morgan fingerprint density at radius 2 is 2.22 bits per heavy atom. The summed E-state index contributed by atoms with van der Waals surface area (Å²) >= 11 is 0.494. The van der Waals surface area contributed by atoms with Crippen LogP contribution >= 0.6 is 11.8 Å². The quantitative estimate of drug-likeness (QED) is 0.644. The molecule has 0 bridgehead atoms. The molecule has 0 aliphatic carbocycles. The first-order valence-corrected chi connectivity index (χ1v) is 5.71. The second-order valence-corrected chi connectivity index (χ2v) is 3.93. The summed E-state index contributed by atoms with van der Waals surface area (Å²) in [6, 6.07) is 0. The number of nitrogens with zero attached hydrogens (tertiary/aromatic N) is 2. The van der Waals surface area contributed by atoms with Crippen LogP contribution < -0.4 is 0 Å². The molecule has 0 spiro atoms. The molecule has 1 rings (SSSR count). The fourth-order valence-corrected chi connectivity index (χ4v) is 1.51. The Bertz CT molecular complexity index is 409. The van der Waals surface area contributed by atoms with E-state index in [-0.39, 0.29) is 11.8 Å². The molecule has 1 aromatic heterocycles. The van der Waals surface area contributed by atoms with Crippen molar-refractivity contribution in [3.63, 3.8) is 0 Å². The van der Waals surface area contributed by atoms with E-state index in [0.29, 0.717) is 11.8 Å². The van der Waals surface area contributed by atoms with Crippen LogP contribution in [0.3, 0.4) is 0 Å². The third-order valence-corrected chi connectivity index (χ3v) is 2.49. The minimum Gasteiger partial charge on any atom is -0.459 e. The first-order chi connectivity index (χ1) is 8.34. The predicted molar refractivity (Wildman–Crippen MR) is 53.0 cm³/mol. The normalized spacial score (nSPS) is 13.4. The van der Waals surface area contributed by atoms with Gasteiger partial charge in [-0.1, -0.05) is 16.9 Å². The van der Waals surface area contributed by atoms with E-state index in [0.717, 1.165) is 0 Å². The molecule has 0 fully saturated rings. The molecule has 18 heavy (non-hydrogen) atoms. The standard InChI is InChI=1S/C8H9F3N2O4S/c1-2-16-6(15)5-12-13-7(17-5)18-3-4(14)8(9,10)11/h4,14H,2-3H2,1H3. The lowest BCUT2D eigenvalue weighted by Gasteiger charge is -2.12. The summed E-state index contributed by atoms with van der Waals surface area (Å²) in [7, 11) is 0.